The maximum Gasteiger partial charge on any atom is 0.311 e. The summed E-state index contributed by atoms with van der Waals surface area (Å²) in [5.41, 5.74) is 0.780. The van der Waals surface area contributed by atoms with Gasteiger partial charge in [-0.25, -0.2) is 4.68 Å². The van der Waals surface area contributed by atoms with Crippen molar-refractivity contribution >= 4 is 11.5 Å². The van der Waals surface area contributed by atoms with Crippen LogP contribution >= 0.6 is 0 Å². The lowest BCUT2D eigenvalue weighted by Crippen LogP contribution is -2.11. The fourth-order valence-corrected chi connectivity index (χ4v) is 2.16. The molecule has 0 amide bonds. The van der Waals surface area contributed by atoms with E-state index in [2.05, 4.69) is 24.3 Å². The smallest absolute Gasteiger partial charge is 0.311 e. The summed E-state index contributed by atoms with van der Waals surface area (Å²) in [4.78, 5) is 10.6. The van der Waals surface area contributed by atoms with Crippen molar-refractivity contribution in [1.82, 2.24) is 9.78 Å². The van der Waals surface area contributed by atoms with Gasteiger partial charge in [0.25, 0.3) is 0 Å². The Labute approximate surface area is 129 Å². The molecule has 0 radical (unpaired) electrons. The second-order valence-corrected chi connectivity index (χ2v) is 5.41. The molecule has 118 valence electrons. The van der Waals surface area contributed by atoms with Crippen molar-refractivity contribution in [2.75, 3.05) is 12.4 Å². The molecule has 7 nitrogen and oxygen atoms in total. The Morgan fingerprint density at radius 2 is 2.18 bits per heavy atom. The maximum atomic E-state index is 11.0. The van der Waals surface area contributed by atoms with Crippen molar-refractivity contribution in [3.05, 3.63) is 46.1 Å². The molecule has 0 fully saturated rings. The van der Waals surface area contributed by atoms with Gasteiger partial charge in [0.2, 0.25) is 0 Å². The number of nitro groups is 1. The van der Waals surface area contributed by atoms with Gasteiger partial charge in [-0.05, 0) is 17.5 Å². The molecule has 0 bridgehead atoms. The fraction of sp³-hybridized carbons (Fsp3) is 0.400. The summed E-state index contributed by atoms with van der Waals surface area (Å²) in [5.74, 6) is 1.65. The van der Waals surface area contributed by atoms with Gasteiger partial charge in [0.1, 0.15) is 5.82 Å². The highest BCUT2D eigenvalue weighted by Gasteiger charge is 2.15. The van der Waals surface area contributed by atoms with Crippen LogP contribution in [0.5, 0.6) is 5.75 Å². The van der Waals surface area contributed by atoms with Crippen LogP contribution in [0.3, 0.4) is 0 Å². The summed E-state index contributed by atoms with van der Waals surface area (Å²) in [7, 11) is 1.42. The quantitative estimate of drug-likeness (QED) is 0.628. The summed E-state index contributed by atoms with van der Waals surface area (Å²) < 4.78 is 6.89. The van der Waals surface area contributed by atoms with E-state index in [0.29, 0.717) is 12.5 Å². The zero-order valence-electron chi connectivity index (χ0n) is 12.9. The Kier molecular flexibility index (Phi) is 4.98. The summed E-state index contributed by atoms with van der Waals surface area (Å²) >= 11 is 0. The van der Waals surface area contributed by atoms with Crippen molar-refractivity contribution in [3.63, 3.8) is 0 Å². The van der Waals surface area contributed by atoms with Crippen LogP contribution in [-0.2, 0) is 13.1 Å². The number of nitrogens with zero attached hydrogens (tertiary/aromatic N) is 3. The molecule has 0 saturated carbocycles. The van der Waals surface area contributed by atoms with E-state index < -0.39 is 4.92 Å². The molecular weight excluding hydrogens is 284 g/mol. The number of nitrogens with one attached hydrogen (secondary N) is 1. The summed E-state index contributed by atoms with van der Waals surface area (Å²) in [5, 5.41) is 18.6. The van der Waals surface area contributed by atoms with Gasteiger partial charge < -0.3 is 10.1 Å². The van der Waals surface area contributed by atoms with Crippen LogP contribution in [0.1, 0.15) is 19.4 Å². The first-order valence-electron chi connectivity index (χ1n) is 7.08. The number of methoxy groups -OCH3 is 1. The molecule has 22 heavy (non-hydrogen) atoms. The van der Waals surface area contributed by atoms with Gasteiger partial charge in [-0.1, -0.05) is 19.9 Å². The normalized spacial score (nSPS) is 10.7. The molecule has 0 aliphatic carbocycles. The molecule has 0 atom stereocenters. The largest absolute Gasteiger partial charge is 0.490 e. The topological polar surface area (TPSA) is 82.2 Å². The van der Waals surface area contributed by atoms with Crippen LogP contribution in [-0.4, -0.2) is 21.8 Å². The molecule has 2 aromatic rings. The first kappa shape index (κ1) is 15.8. The highest BCUT2D eigenvalue weighted by molar-refractivity contribution is 5.49. The monoisotopic (exact) mass is 304 g/mol. The number of rotatable bonds is 7. The molecule has 1 aromatic carbocycles. The molecule has 2 rings (SSSR count). The van der Waals surface area contributed by atoms with Gasteiger partial charge >= 0.3 is 5.69 Å². The van der Waals surface area contributed by atoms with E-state index in [4.69, 9.17) is 4.74 Å². The van der Waals surface area contributed by atoms with Crippen molar-refractivity contribution in [2.24, 2.45) is 5.92 Å². The van der Waals surface area contributed by atoms with Crippen molar-refractivity contribution in [3.8, 4) is 5.75 Å². The Morgan fingerprint density at radius 3 is 2.82 bits per heavy atom. The molecule has 7 heteroatoms. The predicted molar refractivity (Wildman–Crippen MR) is 84.0 cm³/mol. The number of benzene rings is 1. The Hall–Kier alpha value is -2.57. The zero-order valence-corrected chi connectivity index (χ0v) is 12.9. The second-order valence-electron chi connectivity index (χ2n) is 5.41. The van der Waals surface area contributed by atoms with Crippen LogP contribution in [0, 0.1) is 16.0 Å². The van der Waals surface area contributed by atoms with Gasteiger partial charge in [0.05, 0.1) is 18.2 Å². The highest BCUT2D eigenvalue weighted by Crippen LogP contribution is 2.27. The standard InChI is InChI=1S/C15H20N4O3/c1-11(2)10-18-15(6-7-17-18)16-9-12-4-5-14(22-3)13(8-12)19(20)21/h4-8,11,16H,9-10H2,1-3H3. The lowest BCUT2D eigenvalue weighted by Gasteiger charge is -2.12. The van der Waals surface area contributed by atoms with E-state index in [9.17, 15) is 10.1 Å². The number of ether oxygens (including phenoxy) is 1. The Bertz CT molecular complexity index is 652. The number of anilines is 1. The molecular formula is C15H20N4O3. The highest BCUT2D eigenvalue weighted by atomic mass is 16.6. The van der Waals surface area contributed by atoms with Crippen molar-refractivity contribution in [1.29, 1.82) is 0 Å². The minimum atomic E-state index is -0.439. The molecule has 0 spiro atoms. The van der Waals surface area contributed by atoms with Crippen LogP contribution < -0.4 is 10.1 Å². The Morgan fingerprint density at radius 1 is 1.41 bits per heavy atom. The summed E-state index contributed by atoms with van der Waals surface area (Å²) in [6.07, 6.45) is 1.74. The number of hydrogen-bond donors (Lipinski definition) is 1. The van der Waals surface area contributed by atoms with Crippen molar-refractivity contribution in [2.45, 2.75) is 26.9 Å². The molecule has 0 aliphatic heterocycles. The molecule has 0 unspecified atom stereocenters. The number of aromatic nitrogens is 2. The first-order valence-corrected chi connectivity index (χ1v) is 7.08. The van der Waals surface area contributed by atoms with E-state index in [1.165, 1.54) is 13.2 Å². The SMILES string of the molecule is COc1ccc(CNc2ccnn2CC(C)C)cc1[N+](=O)[O-]. The van der Waals surface area contributed by atoms with Crippen LogP contribution in [0.2, 0.25) is 0 Å². The third kappa shape index (κ3) is 3.75. The Balaban J connectivity index is 2.10. The molecule has 0 saturated heterocycles. The van der Waals surface area contributed by atoms with Crippen LogP contribution in [0.15, 0.2) is 30.5 Å². The van der Waals surface area contributed by atoms with Gasteiger partial charge in [0, 0.05) is 25.2 Å². The third-order valence-corrected chi connectivity index (χ3v) is 3.17. The number of nitro benzene ring substituents is 1. The third-order valence-electron chi connectivity index (χ3n) is 3.17. The average molecular weight is 304 g/mol. The minimum Gasteiger partial charge on any atom is -0.490 e. The van der Waals surface area contributed by atoms with E-state index in [-0.39, 0.29) is 11.4 Å². The zero-order chi connectivity index (χ0) is 16.1. The average Bonchev–Trinajstić information content (AvgIpc) is 2.91. The lowest BCUT2D eigenvalue weighted by molar-refractivity contribution is -0.385. The van der Waals surface area contributed by atoms with Gasteiger partial charge in [0.15, 0.2) is 5.75 Å². The molecule has 0 aliphatic rings. The van der Waals surface area contributed by atoms with Crippen LogP contribution in [0.25, 0.3) is 0 Å². The molecule has 1 heterocycles. The van der Waals surface area contributed by atoms with Gasteiger partial charge in [-0.3, -0.25) is 10.1 Å². The van der Waals surface area contributed by atoms with Crippen LogP contribution in [0.4, 0.5) is 11.5 Å². The summed E-state index contributed by atoms with van der Waals surface area (Å²) in [6, 6.07) is 6.83. The van der Waals surface area contributed by atoms with Crippen molar-refractivity contribution < 1.29 is 9.66 Å². The van der Waals surface area contributed by atoms with E-state index in [1.54, 1.807) is 12.3 Å². The summed E-state index contributed by atoms with van der Waals surface area (Å²) in [6.45, 7) is 5.54. The van der Waals surface area contributed by atoms with E-state index >= 15 is 0 Å². The number of hydrogen-bond acceptors (Lipinski definition) is 5. The predicted octanol–water partition coefficient (Wildman–Crippen LogP) is 3.07. The maximum absolute atomic E-state index is 11.0. The fourth-order valence-electron chi connectivity index (χ4n) is 2.16. The molecule has 1 aromatic heterocycles. The van der Waals surface area contributed by atoms with E-state index in [1.807, 2.05) is 16.8 Å². The van der Waals surface area contributed by atoms with E-state index in [0.717, 1.165) is 17.9 Å². The first-order chi connectivity index (χ1) is 10.5. The lowest BCUT2D eigenvalue weighted by atomic mass is 10.2. The second kappa shape index (κ2) is 6.93. The van der Waals surface area contributed by atoms with Gasteiger partial charge in [-0.15, -0.1) is 0 Å². The van der Waals surface area contributed by atoms with Gasteiger partial charge in [-0.2, -0.15) is 5.10 Å². The minimum absolute atomic E-state index is 0.0301. The molecule has 1 N–H and O–H groups in total.